The Balaban J connectivity index is 2.36. The SMILES string of the molecule is CCc1nc2scc(-c3cccs3)c2c(=O)n1C(C)C(=O)O. The first kappa shape index (κ1) is 14.9. The van der Waals surface area contributed by atoms with Gasteiger partial charge in [0, 0.05) is 22.2 Å². The Bertz CT molecular complexity index is 894. The maximum atomic E-state index is 12.9. The maximum absolute atomic E-state index is 12.9. The highest BCUT2D eigenvalue weighted by molar-refractivity contribution is 7.18. The Morgan fingerprint density at radius 1 is 1.45 bits per heavy atom. The highest BCUT2D eigenvalue weighted by Gasteiger charge is 2.23. The molecule has 114 valence electrons. The normalized spacial score (nSPS) is 12.6. The molecule has 0 aliphatic rings. The van der Waals surface area contributed by atoms with Crippen molar-refractivity contribution in [2.75, 3.05) is 0 Å². The van der Waals surface area contributed by atoms with Crippen molar-refractivity contribution in [2.24, 2.45) is 0 Å². The summed E-state index contributed by atoms with van der Waals surface area (Å²) in [6.07, 6.45) is 0.509. The first-order valence-corrected chi connectivity index (χ1v) is 8.59. The van der Waals surface area contributed by atoms with Crippen LogP contribution in [-0.4, -0.2) is 20.6 Å². The first-order chi connectivity index (χ1) is 10.5. The zero-order valence-corrected chi connectivity index (χ0v) is 13.7. The van der Waals surface area contributed by atoms with Gasteiger partial charge in [-0.25, -0.2) is 9.78 Å². The summed E-state index contributed by atoms with van der Waals surface area (Å²) < 4.78 is 1.30. The van der Waals surface area contributed by atoms with Crippen LogP contribution in [0, 0.1) is 0 Å². The molecule has 0 saturated carbocycles. The molecule has 3 rings (SSSR count). The number of carbonyl (C=O) groups is 1. The van der Waals surface area contributed by atoms with E-state index in [4.69, 9.17) is 0 Å². The molecular formula is C15H14N2O3S2. The van der Waals surface area contributed by atoms with Crippen molar-refractivity contribution in [3.63, 3.8) is 0 Å². The van der Waals surface area contributed by atoms with E-state index in [2.05, 4.69) is 4.98 Å². The van der Waals surface area contributed by atoms with Crippen molar-refractivity contribution < 1.29 is 9.90 Å². The van der Waals surface area contributed by atoms with Crippen LogP contribution in [0.5, 0.6) is 0 Å². The van der Waals surface area contributed by atoms with E-state index < -0.39 is 12.0 Å². The molecule has 3 aromatic rings. The van der Waals surface area contributed by atoms with Gasteiger partial charge in [-0.2, -0.15) is 0 Å². The third kappa shape index (κ3) is 2.26. The molecule has 0 aromatic carbocycles. The summed E-state index contributed by atoms with van der Waals surface area (Å²) in [5.41, 5.74) is 0.558. The Labute approximate surface area is 134 Å². The number of nitrogens with zero attached hydrogens (tertiary/aromatic N) is 2. The van der Waals surface area contributed by atoms with Gasteiger partial charge in [-0.1, -0.05) is 13.0 Å². The number of hydrogen-bond donors (Lipinski definition) is 1. The van der Waals surface area contributed by atoms with Gasteiger partial charge < -0.3 is 5.11 Å². The number of aryl methyl sites for hydroxylation is 1. The minimum absolute atomic E-state index is 0.276. The third-order valence-corrected chi connectivity index (χ3v) is 5.34. The molecule has 0 amide bonds. The van der Waals surface area contributed by atoms with Gasteiger partial charge in [0.05, 0.1) is 5.39 Å². The monoisotopic (exact) mass is 334 g/mol. The number of hydrogen-bond acceptors (Lipinski definition) is 5. The molecule has 7 heteroatoms. The Morgan fingerprint density at radius 3 is 2.82 bits per heavy atom. The van der Waals surface area contributed by atoms with E-state index in [1.807, 2.05) is 29.8 Å². The van der Waals surface area contributed by atoms with Crippen LogP contribution in [-0.2, 0) is 11.2 Å². The average molecular weight is 334 g/mol. The van der Waals surface area contributed by atoms with Gasteiger partial charge in [0.1, 0.15) is 16.7 Å². The van der Waals surface area contributed by atoms with Crippen LogP contribution in [0.1, 0.15) is 25.7 Å². The molecule has 1 unspecified atom stereocenters. The van der Waals surface area contributed by atoms with Gasteiger partial charge in [0.2, 0.25) is 0 Å². The standard InChI is InChI=1S/C15H14N2O3S2/c1-3-11-16-13-12(14(18)17(11)8(2)15(19)20)9(7-22-13)10-5-4-6-21-10/h4-8H,3H2,1-2H3,(H,19,20). The smallest absolute Gasteiger partial charge is 0.326 e. The minimum Gasteiger partial charge on any atom is -0.480 e. The van der Waals surface area contributed by atoms with Gasteiger partial charge in [-0.05, 0) is 18.4 Å². The fourth-order valence-corrected chi connectivity index (χ4v) is 4.19. The number of aromatic nitrogens is 2. The highest BCUT2D eigenvalue weighted by atomic mass is 32.1. The van der Waals surface area contributed by atoms with Crippen LogP contribution < -0.4 is 5.56 Å². The number of aliphatic carboxylic acids is 1. The molecule has 0 spiro atoms. The topological polar surface area (TPSA) is 72.2 Å². The van der Waals surface area contributed by atoms with Gasteiger partial charge in [0.25, 0.3) is 5.56 Å². The minimum atomic E-state index is -1.04. The molecule has 0 aliphatic heterocycles. The predicted molar refractivity (Wildman–Crippen MR) is 88.9 cm³/mol. The summed E-state index contributed by atoms with van der Waals surface area (Å²) in [4.78, 5) is 30.4. The summed E-state index contributed by atoms with van der Waals surface area (Å²) in [5, 5.41) is 13.7. The van der Waals surface area contributed by atoms with Crippen LogP contribution in [0.4, 0.5) is 0 Å². The summed E-state index contributed by atoms with van der Waals surface area (Å²) in [6.45, 7) is 3.38. The zero-order valence-electron chi connectivity index (χ0n) is 12.1. The van der Waals surface area contributed by atoms with Crippen LogP contribution in [0.3, 0.4) is 0 Å². The van der Waals surface area contributed by atoms with Gasteiger partial charge in [-0.15, -0.1) is 22.7 Å². The summed E-state index contributed by atoms with van der Waals surface area (Å²) in [5.74, 6) is -0.530. The van der Waals surface area contributed by atoms with Crippen molar-refractivity contribution in [1.82, 2.24) is 9.55 Å². The van der Waals surface area contributed by atoms with E-state index in [9.17, 15) is 14.7 Å². The van der Waals surface area contributed by atoms with Crippen molar-refractivity contribution in [3.05, 3.63) is 39.1 Å². The molecule has 3 aromatic heterocycles. The molecule has 22 heavy (non-hydrogen) atoms. The van der Waals surface area contributed by atoms with Crippen molar-refractivity contribution in [1.29, 1.82) is 0 Å². The quantitative estimate of drug-likeness (QED) is 0.794. The molecule has 1 atom stereocenters. The molecule has 0 saturated heterocycles. The lowest BCUT2D eigenvalue weighted by molar-refractivity contribution is -0.140. The lowest BCUT2D eigenvalue weighted by Crippen LogP contribution is -2.31. The molecule has 1 N–H and O–H groups in total. The van der Waals surface area contributed by atoms with Gasteiger partial charge >= 0.3 is 5.97 Å². The highest BCUT2D eigenvalue weighted by Crippen LogP contribution is 2.34. The summed E-state index contributed by atoms with van der Waals surface area (Å²) >= 11 is 2.97. The van der Waals surface area contributed by atoms with E-state index in [1.165, 1.54) is 22.8 Å². The van der Waals surface area contributed by atoms with Crippen LogP contribution in [0.25, 0.3) is 20.7 Å². The maximum Gasteiger partial charge on any atom is 0.326 e. The number of rotatable bonds is 4. The van der Waals surface area contributed by atoms with Crippen LogP contribution >= 0.6 is 22.7 Å². The second kappa shape index (κ2) is 5.66. The second-order valence-electron chi connectivity index (χ2n) is 4.88. The first-order valence-electron chi connectivity index (χ1n) is 6.83. The predicted octanol–water partition coefficient (Wildman–Crippen LogP) is 3.39. The molecule has 0 bridgehead atoms. The third-order valence-electron chi connectivity index (χ3n) is 3.56. The Morgan fingerprint density at radius 2 is 2.23 bits per heavy atom. The van der Waals surface area contributed by atoms with Crippen molar-refractivity contribution in [3.8, 4) is 10.4 Å². The summed E-state index contributed by atoms with van der Waals surface area (Å²) in [7, 11) is 0. The van der Waals surface area contributed by atoms with Crippen LogP contribution in [0.2, 0.25) is 0 Å². The molecule has 0 radical (unpaired) electrons. The average Bonchev–Trinajstić information content (AvgIpc) is 3.14. The fraction of sp³-hybridized carbons (Fsp3) is 0.267. The largest absolute Gasteiger partial charge is 0.480 e. The number of carboxylic acid groups (broad SMARTS) is 1. The molecule has 3 heterocycles. The van der Waals surface area contributed by atoms with E-state index in [1.54, 1.807) is 11.3 Å². The number of carboxylic acids is 1. The lowest BCUT2D eigenvalue weighted by Gasteiger charge is -2.15. The van der Waals surface area contributed by atoms with E-state index in [0.717, 1.165) is 10.4 Å². The molecule has 0 fully saturated rings. The Hall–Kier alpha value is -1.99. The lowest BCUT2D eigenvalue weighted by atomic mass is 10.2. The second-order valence-corrected chi connectivity index (χ2v) is 6.68. The number of thiophene rings is 2. The summed E-state index contributed by atoms with van der Waals surface area (Å²) in [6, 6.07) is 2.94. The molecule has 5 nitrogen and oxygen atoms in total. The van der Waals surface area contributed by atoms with Gasteiger partial charge in [0.15, 0.2) is 0 Å². The fourth-order valence-electron chi connectivity index (χ4n) is 2.42. The van der Waals surface area contributed by atoms with Crippen molar-refractivity contribution in [2.45, 2.75) is 26.3 Å². The zero-order chi connectivity index (χ0) is 15.9. The van der Waals surface area contributed by atoms with E-state index in [0.29, 0.717) is 22.5 Å². The van der Waals surface area contributed by atoms with Crippen molar-refractivity contribution >= 4 is 38.9 Å². The van der Waals surface area contributed by atoms with Gasteiger partial charge in [-0.3, -0.25) is 9.36 Å². The van der Waals surface area contributed by atoms with Crippen LogP contribution in [0.15, 0.2) is 27.7 Å². The van der Waals surface area contributed by atoms with E-state index in [-0.39, 0.29) is 5.56 Å². The molecule has 0 aliphatic carbocycles. The number of fused-ring (bicyclic) bond motifs is 1. The molecular weight excluding hydrogens is 320 g/mol. The van der Waals surface area contributed by atoms with E-state index >= 15 is 0 Å². The Kier molecular flexibility index (Phi) is 3.84.